The molecule has 0 fully saturated rings. The second-order valence-corrected chi connectivity index (χ2v) is 4.62. The van der Waals surface area contributed by atoms with Gasteiger partial charge in [-0.3, -0.25) is 0 Å². The number of halogens is 2. The molecule has 0 aliphatic heterocycles. The minimum atomic E-state index is 0.642. The molecule has 3 nitrogen and oxygen atoms in total. The number of aromatic nitrogens is 3. The van der Waals surface area contributed by atoms with Gasteiger partial charge in [-0.1, -0.05) is 22.9 Å². The van der Waals surface area contributed by atoms with Crippen molar-refractivity contribution in [3.8, 4) is 5.69 Å². The standard InChI is InChI=1S/C12H13Cl2N3/c1-9-11(14)5-2-6-12(9)17-8-10(15-16-17)4-3-7-13/h2,5-6,8H,3-4,7H2,1H3. The van der Waals surface area contributed by atoms with Gasteiger partial charge in [-0.25, -0.2) is 4.68 Å². The van der Waals surface area contributed by atoms with Crippen LogP contribution in [0.3, 0.4) is 0 Å². The Hall–Kier alpha value is -1.06. The van der Waals surface area contributed by atoms with E-state index >= 15 is 0 Å². The largest absolute Gasteiger partial charge is 0.220 e. The van der Waals surface area contributed by atoms with Gasteiger partial charge in [0.2, 0.25) is 0 Å². The SMILES string of the molecule is Cc1c(Cl)cccc1-n1cc(CCCCl)nn1. The van der Waals surface area contributed by atoms with Crippen LogP contribution in [-0.2, 0) is 6.42 Å². The van der Waals surface area contributed by atoms with E-state index in [-0.39, 0.29) is 0 Å². The Bertz CT molecular complexity index is 508. The average molecular weight is 270 g/mol. The van der Waals surface area contributed by atoms with E-state index in [9.17, 15) is 0 Å². The third-order valence-electron chi connectivity index (χ3n) is 2.59. The third-order valence-corrected chi connectivity index (χ3v) is 3.27. The summed E-state index contributed by atoms with van der Waals surface area (Å²) in [5.74, 6) is 0.642. The molecule has 0 bridgehead atoms. The summed E-state index contributed by atoms with van der Waals surface area (Å²) >= 11 is 11.7. The first-order valence-corrected chi connectivity index (χ1v) is 6.36. The first kappa shape index (κ1) is 12.4. The summed E-state index contributed by atoms with van der Waals surface area (Å²) < 4.78 is 1.75. The van der Waals surface area contributed by atoms with Crippen LogP contribution in [0.2, 0.25) is 5.02 Å². The number of rotatable bonds is 4. The molecular weight excluding hydrogens is 257 g/mol. The Morgan fingerprint density at radius 3 is 2.94 bits per heavy atom. The zero-order chi connectivity index (χ0) is 12.3. The van der Waals surface area contributed by atoms with Crippen molar-refractivity contribution < 1.29 is 0 Å². The van der Waals surface area contributed by atoms with Crippen LogP contribution in [0.15, 0.2) is 24.4 Å². The van der Waals surface area contributed by atoms with Gasteiger partial charge in [0.25, 0.3) is 0 Å². The Kier molecular flexibility index (Phi) is 4.02. The Balaban J connectivity index is 2.27. The zero-order valence-electron chi connectivity index (χ0n) is 9.53. The van der Waals surface area contributed by atoms with Crippen molar-refractivity contribution in [2.45, 2.75) is 19.8 Å². The number of aryl methyl sites for hydroxylation is 1. The maximum absolute atomic E-state index is 6.08. The molecule has 1 aromatic carbocycles. The van der Waals surface area contributed by atoms with Crippen LogP contribution in [0.5, 0.6) is 0 Å². The molecule has 0 aliphatic carbocycles. The minimum absolute atomic E-state index is 0.642. The highest BCUT2D eigenvalue weighted by atomic mass is 35.5. The highest BCUT2D eigenvalue weighted by molar-refractivity contribution is 6.31. The molecule has 0 saturated carbocycles. The van der Waals surface area contributed by atoms with Gasteiger partial charge in [0, 0.05) is 10.9 Å². The Labute approximate surface area is 110 Å². The lowest BCUT2D eigenvalue weighted by Crippen LogP contribution is -1.98. The van der Waals surface area contributed by atoms with E-state index in [2.05, 4.69) is 10.3 Å². The summed E-state index contributed by atoms with van der Waals surface area (Å²) in [5.41, 5.74) is 2.91. The van der Waals surface area contributed by atoms with Crippen molar-refractivity contribution in [3.63, 3.8) is 0 Å². The second kappa shape index (κ2) is 5.52. The molecule has 0 aliphatic rings. The normalized spacial score (nSPS) is 10.8. The van der Waals surface area contributed by atoms with Gasteiger partial charge in [0.15, 0.2) is 0 Å². The molecular formula is C12H13Cl2N3. The summed E-state index contributed by atoms with van der Waals surface area (Å²) in [6.07, 6.45) is 3.68. The summed E-state index contributed by atoms with van der Waals surface area (Å²) in [4.78, 5) is 0. The predicted octanol–water partition coefficient (Wildman–Crippen LogP) is 3.40. The smallest absolute Gasteiger partial charge is 0.0832 e. The van der Waals surface area contributed by atoms with E-state index in [0.717, 1.165) is 34.8 Å². The number of benzene rings is 1. The molecule has 1 aromatic heterocycles. The van der Waals surface area contributed by atoms with Crippen LogP contribution in [0.4, 0.5) is 0 Å². The molecule has 0 spiro atoms. The van der Waals surface area contributed by atoms with Crippen LogP contribution < -0.4 is 0 Å². The van der Waals surface area contributed by atoms with Gasteiger partial charge in [-0.05, 0) is 37.5 Å². The Morgan fingerprint density at radius 1 is 1.35 bits per heavy atom. The van der Waals surface area contributed by atoms with Gasteiger partial charge >= 0.3 is 0 Å². The van der Waals surface area contributed by atoms with Crippen molar-refractivity contribution >= 4 is 23.2 Å². The maximum atomic E-state index is 6.08. The molecule has 17 heavy (non-hydrogen) atoms. The van der Waals surface area contributed by atoms with Crippen molar-refractivity contribution in [2.24, 2.45) is 0 Å². The lowest BCUT2D eigenvalue weighted by atomic mass is 10.2. The van der Waals surface area contributed by atoms with E-state index in [1.54, 1.807) is 4.68 Å². The molecule has 2 rings (SSSR count). The van der Waals surface area contributed by atoms with Gasteiger partial charge in [0.05, 0.1) is 17.6 Å². The van der Waals surface area contributed by atoms with Crippen molar-refractivity contribution in [1.82, 2.24) is 15.0 Å². The molecule has 5 heteroatoms. The quantitative estimate of drug-likeness (QED) is 0.797. The van der Waals surface area contributed by atoms with Gasteiger partial charge in [-0.2, -0.15) is 0 Å². The Morgan fingerprint density at radius 2 is 2.18 bits per heavy atom. The van der Waals surface area contributed by atoms with Crippen LogP contribution in [0.25, 0.3) is 5.69 Å². The van der Waals surface area contributed by atoms with Gasteiger partial charge < -0.3 is 0 Å². The molecule has 0 atom stereocenters. The number of hydrogen-bond acceptors (Lipinski definition) is 2. The third kappa shape index (κ3) is 2.79. The molecule has 0 amide bonds. The second-order valence-electron chi connectivity index (χ2n) is 3.83. The highest BCUT2D eigenvalue weighted by Crippen LogP contribution is 2.21. The lowest BCUT2D eigenvalue weighted by molar-refractivity contribution is 0.788. The van der Waals surface area contributed by atoms with E-state index in [0.29, 0.717) is 5.88 Å². The average Bonchev–Trinajstić information content (AvgIpc) is 2.78. The van der Waals surface area contributed by atoms with Gasteiger partial charge in [-0.15, -0.1) is 16.7 Å². The fourth-order valence-corrected chi connectivity index (χ4v) is 1.93. The van der Waals surface area contributed by atoms with Crippen LogP contribution in [-0.4, -0.2) is 20.9 Å². The van der Waals surface area contributed by atoms with Crippen molar-refractivity contribution in [1.29, 1.82) is 0 Å². The van der Waals surface area contributed by atoms with Gasteiger partial charge in [0.1, 0.15) is 0 Å². The van der Waals surface area contributed by atoms with Crippen molar-refractivity contribution in [3.05, 3.63) is 40.7 Å². The first-order valence-electron chi connectivity index (χ1n) is 5.45. The van der Waals surface area contributed by atoms with E-state index < -0.39 is 0 Å². The van der Waals surface area contributed by atoms with E-state index in [4.69, 9.17) is 23.2 Å². The summed E-state index contributed by atoms with van der Waals surface area (Å²) in [5, 5.41) is 8.95. The molecule has 1 heterocycles. The maximum Gasteiger partial charge on any atom is 0.0832 e. The summed E-state index contributed by atoms with van der Waals surface area (Å²) in [7, 11) is 0. The van der Waals surface area contributed by atoms with Crippen LogP contribution in [0, 0.1) is 6.92 Å². The monoisotopic (exact) mass is 269 g/mol. The lowest BCUT2D eigenvalue weighted by Gasteiger charge is -2.05. The van der Waals surface area contributed by atoms with E-state index in [1.807, 2.05) is 31.3 Å². The fourth-order valence-electron chi connectivity index (χ4n) is 1.62. The first-order chi connectivity index (χ1) is 8.22. The topological polar surface area (TPSA) is 30.7 Å². The molecule has 0 unspecified atom stereocenters. The number of alkyl halides is 1. The zero-order valence-corrected chi connectivity index (χ0v) is 11.0. The highest BCUT2D eigenvalue weighted by Gasteiger charge is 2.07. The minimum Gasteiger partial charge on any atom is -0.220 e. The van der Waals surface area contributed by atoms with Crippen molar-refractivity contribution in [2.75, 3.05) is 5.88 Å². The molecule has 0 radical (unpaired) electrons. The predicted molar refractivity (Wildman–Crippen MR) is 70.1 cm³/mol. The number of hydrogen-bond donors (Lipinski definition) is 0. The summed E-state index contributed by atoms with van der Waals surface area (Å²) in [6.45, 7) is 1.97. The van der Waals surface area contributed by atoms with Crippen LogP contribution >= 0.6 is 23.2 Å². The fraction of sp³-hybridized carbons (Fsp3) is 0.333. The molecule has 0 saturated heterocycles. The molecule has 90 valence electrons. The van der Waals surface area contributed by atoms with Crippen LogP contribution in [0.1, 0.15) is 17.7 Å². The summed E-state index contributed by atoms with van der Waals surface area (Å²) in [6, 6.07) is 5.75. The van der Waals surface area contributed by atoms with E-state index in [1.165, 1.54) is 0 Å². The molecule has 0 N–H and O–H groups in total. The number of nitrogens with zero attached hydrogens (tertiary/aromatic N) is 3. The molecule has 2 aromatic rings.